The van der Waals surface area contributed by atoms with Gasteiger partial charge in [-0.25, -0.2) is 0 Å². The average Bonchev–Trinajstić information content (AvgIpc) is 2.29. The first-order chi connectivity index (χ1) is 7.58. The number of aliphatic hydroxyl groups excluding tert-OH is 1. The van der Waals surface area contributed by atoms with Crippen molar-refractivity contribution < 1.29 is 10.0 Å². The summed E-state index contributed by atoms with van der Waals surface area (Å²) in [5.74, 6) is 0. The first-order valence-corrected chi connectivity index (χ1v) is 6.01. The van der Waals surface area contributed by atoms with Crippen LogP contribution < -0.4 is 0 Å². The molecule has 88 valence electrons. The average molecular weight is 241 g/mol. The van der Waals surface area contributed by atoms with Crippen molar-refractivity contribution in [2.24, 2.45) is 0 Å². The standard InChI is InChI=1S/C11H15NO3S/c1-3-8(2)16-11-5-4-10(12(14)15)6-9(11)7-13/h4-6,8,13H,3,7H2,1-2H3. The van der Waals surface area contributed by atoms with Crippen LogP contribution in [0.15, 0.2) is 23.1 Å². The lowest BCUT2D eigenvalue weighted by Crippen LogP contribution is -1.97. The number of nitro benzene ring substituents is 1. The third-order valence-electron chi connectivity index (χ3n) is 2.33. The van der Waals surface area contributed by atoms with Gasteiger partial charge < -0.3 is 5.11 Å². The number of nitro groups is 1. The molecule has 0 bridgehead atoms. The molecule has 0 heterocycles. The second kappa shape index (κ2) is 5.86. The molecule has 5 heteroatoms. The van der Waals surface area contributed by atoms with Crippen molar-refractivity contribution in [1.29, 1.82) is 0 Å². The van der Waals surface area contributed by atoms with Crippen molar-refractivity contribution in [3.63, 3.8) is 0 Å². The lowest BCUT2D eigenvalue weighted by Gasteiger charge is -2.11. The maximum atomic E-state index is 10.6. The van der Waals surface area contributed by atoms with Crippen LogP contribution in [-0.2, 0) is 6.61 Å². The van der Waals surface area contributed by atoms with E-state index < -0.39 is 4.92 Å². The topological polar surface area (TPSA) is 63.4 Å². The molecule has 0 aromatic heterocycles. The van der Waals surface area contributed by atoms with Gasteiger partial charge in [0.25, 0.3) is 5.69 Å². The van der Waals surface area contributed by atoms with Gasteiger partial charge in [0.1, 0.15) is 0 Å². The Hall–Kier alpha value is -1.07. The Bertz CT molecular complexity index is 381. The highest BCUT2D eigenvalue weighted by Gasteiger charge is 2.12. The highest BCUT2D eigenvalue weighted by Crippen LogP contribution is 2.30. The summed E-state index contributed by atoms with van der Waals surface area (Å²) in [6.07, 6.45) is 1.02. The molecule has 4 nitrogen and oxygen atoms in total. The number of hydrogen-bond donors (Lipinski definition) is 1. The minimum Gasteiger partial charge on any atom is -0.392 e. The molecule has 0 aliphatic carbocycles. The Morgan fingerprint density at radius 2 is 2.25 bits per heavy atom. The monoisotopic (exact) mass is 241 g/mol. The molecule has 1 aromatic carbocycles. The molecular formula is C11H15NO3S. The number of rotatable bonds is 5. The molecular weight excluding hydrogens is 226 g/mol. The van der Waals surface area contributed by atoms with E-state index in [4.69, 9.17) is 0 Å². The fourth-order valence-electron chi connectivity index (χ4n) is 1.22. The fraction of sp³-hybridized carbons (Fsp3) is 0.455. The molecule has 0 fully saturated rings. The maximum Gasteiger partial charge on any atom is 0.269 e. The number of thioether (sulfide) groups is 1. The molecule has 0 saturated carbocycles. The highest BCUT2D eigenvalue weighted by molar-refractivity contribution is 8.00. The quantitative estimate of drug-likeness (QED) is 0.489. The van der Waals surface area contributed by atoms with Gasteiger partial charge in [0.2, 0.25) is 0 Å². The lowest BCUT2D eigenvalue weighted by atomic mass is 10.2. The molecule has 0 aliphatic rings. The summed E-state index contributed by atoms with van der Waals surface area (Å²) in [6.45, 7) is 4.01. The Kier molecular flexibility index (Phi) is 4.76. The van der Waals surface area contributed by atoms with E-state index in [9.17, 15) is 15.2 Å². The van der Waals surface area contributed by atoms with Crippen LogP contribution in [0.2, 0.25) is 0 Å². The Labute approximate surface area is 98.8 Å². The van der Waals surface area contributed by atoms with E-state index in [-0.39, 0.29) is 12.3 Å². The van der Waals surface area contributed by atoms with E-state index in [2.05, 4.69) is 13.8 Å². The van der Waals surface area contributed by atoms with Crippen molar-refractivity contribution >= 4 is 17.4 Å². The normalized spacial score (nSPS) is 12.4. The molecule has 1 unspecified atom stereocenters. The minimum atomic E-state index is -0.448. The summed E-state index contributed by atoms with van der Waals surface area (Å²) in [6, 6.07) is 4.62. The molecule has 0 aliphatic heterocycles. The van der Waals surface area contributed by atoms with Crippen LogP contribution in [0.25, 0.3) is 0 Å². The predicted octanol–water partition coefficient (Wildman–Crippen LogP) is 2.98. The smallest absolute Gasteiger partial charge is 0.269 e. The molecule has 16 heavy (non-hydrogen) atoms. The third-order valence-corrected chi connectivity index (χ3v) is 3.72. The SMILES string of the molecule is CCC(C)Sc1ccc([N+](=O)[O-])cc1CO. The van der Waals surface area contributed by atoms with E-state index >= 15 is 0 Å². The van der Waals surface area contributed by atoms with Crippen molar-refractivity contribution in [3.05, 3.63) is 33.9 Å². The molecule has 1 rings (SSSR count). The van der Waals surface area contributed by atoms with E-state index in [0.717, 1.165) is 11.3 Å². The summed E-state index contributed by atoms with van der Waals surface area (Å²) in [5.41, 5.74) is 0.650. The van der Waals surface area contributed by atoms with Crippen LogP contribution in [0.5, 0.6) is 0 Å². The largest absolute Gasteiger partial charge is 0.392 e. The van der Waals surface area contributed by atoms with Crippen molar-refractivity contribution in [3.8, 4) is 0 Å². The number of aliphatic hydroxyl groups is 1. The maximum absolute atomic E-state index is 10.6. The Morgan fingerprint density at radius 1 is 1.56 bits per heavy atom. The van der Waals surface area contributed by atoms with Gasteiger partial charge in [0.15, 0.2) is 0 Å². The van der Waals surface area contributed by atoms with Crippen LogP contribution in [0.3, 0.4) is 0 Å². The zero-order valence-electron chi connectivity index (χ0n) is 9.34. The van der Waals surface area contributed by atoms with Gasteiger partial charge in [-0.05, 0) is 18.1 Å². The minimum absolute atomic E-state index is 0.0255. The van der Waals surface area contributed by atoms with Crippen molar-refractivity contribution in [2.75, 3.05) is 0 Å². The van der Waals surface area contributed by atoms with E-state index in [1.807, 2.05) is 0 Å². The van der Waals surface area contributed by atoms with Crippen LogP contribution >= 0.6 is 11.8 Å². The summed E-state index contributed by atoms with van der Waals surface area (Å²) >= 11 is 1.63. The fourth-order valence-corrected chi connectivity index (χ4v) is 2.24. The molecule has 1 atom stereocenters. The molecule has 1 N–H and O–H groups in total. The van der Waals surface area contributed by atoms with Crippen molar-refractivity contribution in [1.82, 2.24) is 0 Å². The lowest BCUT2D eigenvalue weighted by molar-refractivity contribution is -0.385. The Morgan fingerprint density at radius 3 is 2.75 bits per heavy atom. The van der Waals surface area contributed by atoms with Crippen molar-refractivity contribution in [2.45, 2.75) is 37.0 Å². The molecule has 0 saturated heterocycles. The highest BCUT2D eigenvalue weighted by atomic mass is 32.2. The van der Waals surface area contributed by atoms with Gasteiger partial charge in [-0.3, -0.25) is 10.1 Å². The third kappa shape index (κ3) is 3.21. The van der Waals surface area contributed by atoms with Gasteiger partial charge in [0, 0.05) is 22.3 Å². The zero-order valence-corrected chi connectivity index (χ0v) is 10.2. The number of nitrogens with zero attached hydrogens (tertiary/aromatic N) is 1. The second-order valence-electron chi connectivity index (χ2n) is 3.54. The predicted molar refractivity (Wildman–Crippen MR) is 64.6 cm³/mol. The second-order valence-corrected chi connectivity index (χ2v) is 5.02. The van der Waals surface area contributed by atoms with Gasteiger partial charge in [0.05, 0.1) is 11.5 Å². The first kappa shape index (κ1) is 13.0. The molecule has 0 amide bonds. The summed E-state index contributed by atoms with van der Waals surface area (Å²) in [4.78, 5) is 11.0. The van der Waals surface area contributed by atoms with E-state index in [1.165, 1.54) is 12.1 Å². The van der Waals surface area contributed by atoms with Crippen LogP contribution in [-0.4, -0.2) is 15.3 Å². The zero-order chi connectivity index (χ0) is 12.1. The van der Waals surface area contributed by atoms with Crippen LogP contribution in [0, 0.1) is 10.1 Å². The summed E-state index contributed by atoms with van der Waals surface area (Å²) < 4.78 is 0. The van der Waals surface area contributed by atoms with Gasteiger partial charge in [-0.2, -0.15) is 0 Å². The van der Waals surface area contributed by atoms with Gasteiger partial charge >= 0.3 is 0 Å². The molecule has 1 aromatic rings. The molecule has 0 spiro atoms. The summed E-state index contributed by atoms with van der Waals surface area (Å²) in [5, 5.41) is 20.2. The van der Waals surface area contributed by atoms with Gasteiger partial charge in [-0.15, -0.1) is 11.8 Å². The first-order valence-electron chi connectivity index (χ1n) is 5.13. The van der Waals surface area contributed by atoms with Gasteiger partial charge in [-0.1, -0.05) is 13.8 Å². The van der Waals surface area contributed by atoms with Crippen LogP contribution in [0.1, 0.15) is 25.8 Å². The number of non-ortho nitro benzene ring substituents is 1. The number of hydrogen-bond acceptors (Lipinski definition) is 4. The summed E-state index contributed by atoms with van der Waals surface area (Å²) in [7, 11) is 0. The van der Waals surface area contributed by atoms with E-state index in [1.54, 1.807) is 17.8 Å². The van der Waals surface area contributed by atoms with Crippen LogP contribution in [0.4, 0.5) is 5.69 Å². The Balaban J connectivity index is 2.97. The van der Waals surface area contributed by atoms with E-state index in [0.29, 0.717) is 10.8 Å². The number of benzene rings is 1. The molecule has 0 radical (unpaired) electrons.